The predicted octanol–water partition coefficient (Wildman–Crippen LogP) is 3.04. The van der Waals surface area contributed by atoms with Crippen molar-refractivity contribution in [1.82, 2.24) is 14.3 Å². The first-order valence-electron chi connectivity index (χ1n) is 9.38. The number of esters is 1. The SMILES string of the molecule is CCOC(=O)c1ccc2c(c1)sc(=NC(=O)c1ccnn1C(C)C)n2CCOC. The lowest BCUT2D eigenvalue weighted by Crippen LogP contribution is -2.20. The van der Waals surface area contributed by atoms with Crippen molar-refractivity contribution in [2.45, 2.75) is 33.4 Å². The number of aromatic nitrogens is 3. The minimum Gasteiger partial charge on any atom is -0.462 e. The third-order valence-electron chi connectivity index (χ3n) is 4.29. The van der Waals surface area contributed by atoms with E-state index in [-0.39, 0.29) is 17.9 Å². The van der Waals surface area contributed by atoms with E-state index in [0.717, 1.165) is 10.2 Å². The number of ether oxygens (including phenoxy) is 2. The Kier molecular flexibility index (Phi) is 6.60. The average Bonchev–Trinajstić information content (AvgIpc) is 3.31. The number of thiazole rings is 1. The molecule has 0 aliphatic rings. The zero-order chi connectivity index (χ0) is 21.0. The van der Waals surface area contributed by atoms with Crippen LogP contribution in [0.25, 0.3) is 10.2 Å². The van der Waals surface area contributed by atoms with Crippen molar-refractivity contribution < 1.29 is 19.1 Å². The van der Waals surface area contributed by atoms with Crippen molar-refractivity contribution in [2.75, 3.05) is 20.3 Å². The molecular weight excluding hydrogens is 392 g/mol. The van der Waals surface area contributed by atoms with E-state index >= 15 is 0 Å². The second-order valence-corrected chi connectivity index (χ2v) is 7.61. The summed E-state index contributed by atoms with van der Waals surface area (Å²) in [6, 6.07) is 7.04. The van der Waals surface area contributed by atoms with E-state index in [1.165, 1.54) is 11.3 Å². The molecule has 0 N–H and O–H groups in total. The zero-order valence-corrected chi connectivity index (χ0v) is 17.7. The second kappa shape index (κ2) is 9.15. The van der Waals surface area contributed by atoms with Crippen LogP contribution in [0.4, 0.5) is 0 Å². The van der Waals surface area contributed by atoms with Crippen LogP contribution in [0, 0.1) is 0 Å². The van der Waals surface area contributed by atoms with Gasteiger partial charge in [0.1, 0.15) is 5.69 Å². The lowest BCUT2D eigenvalue weighted by Gasteiger charge is -2.08. The smallest absolute Gasteiger partial charge is 0.338 e. The number of carbonyl (C=O) groups excluding carboxylic acids is 2. The average molecular weight is 417 g/mol. The summed E-state index contributed by atoms with van der Waals surface area (Å²) in [5.41, 5.74) is 1.78. The molecule has 0 unspecified atom stereocenters. The topological polar surface area (TPSA) is 87.7 Å². The number of methoxy groups -OCH3 is 1. The minimum atomic E-state index is -0.373. The van der Waals surface area contributed by atoms with Crippen LogP contribution in [0.1, 0.15) is 47.7 Å². The molecule has 3 rings (SSSR count). The minimum absolute atomic E-state index is 0.0503. The molecule has 0 saturated heterocycles. The lowest BCUT2D eigenvalue weighted by atomic mass is 10.2. The fraction of sp³-hybridized carbons (Fsp3) is 0.400. The van der Waals surface area contributed by atoms with Gasteiger partial charge in [-0.3, -0.25) is 9.48 Å². The number of benzene rings is 1. The van der Waals surface area contributed by atoms with Gasteiger partial charge in [0.05, 0.1) is 29.0 Å². The highest BCUT2D eigenvalue weighted by Gasteiger charge is 2.16. The van der Waals surface area contributed by atoms with E-state index in [1.54, 1.807) is 43.1 Å². The van der Waals surface area contributed by atoms with Gasteiger partial charge in [-0.05, 0) is 45.0 Å². The molecule has 2 aromatic heterocycles. The van der Waals surface area contributed by atoms with Crippen molar-refractivity contribution in [2.24, 2.45) is 4.99 Å². The Balaban J connectivity index is 2.09. The molecule has 8 nitrogen and oxygen atoms in total. The molecule has 29 heavy (non-hydrogen) atoms. The van der Waals surface area contributed by atoms with Crippen LogP contribution in [0.3, 0.4) is 0 Å². The molecule has 2 heterocycles. The first-order valence-corrected chi connectivity index (χ1v) is 10.2. The largest absolute Gasteiger partial charge is 0.462 e. The highest BCUT2D eigenvalue weighted by molar-refractivity contribution is 7.16. The summed E-state index contributed by atoms with van der Waals surface area (Å²) in [6.07, 6.45) is 1.60. The number of amides is 1. The van der Waals surface area contributed by atoms with E-state index in [9.17, 15) is 9.59 Å². The molecule has 154 valence electrons. The van der Waals surface area contributed by atoms with Gasteiger partial charge < -0.3 is 14.0 Å². The molecule has 1 amide bonds. The third kappa shape index (κ3) is 4.46. The number of hydrogen-bond donors (Lipinski definition) is 0. The Morgan fingerprint density at radius 1 is 1.28 bits per heavy atom. The van der Waals surface area contributed by atoms with Crippen molar-refractivity contribution in [3.05, 3.63) is 46.5 Å². The third-order valence-corrected chi connectivity index (χ3v) is 5.33. The summed E-state index contributed by atoms with van der Waals surface area (Å²) < 4.78 is 14.7. The van der Waals surface area contributed by atoms with Crippen LogP contribution in [-0.2, 0) is 16.0 Å². The van der Waals surface area contributed by atoms with E-state index in [4.69, 9.17) is 9.47 Å². The summed E-state index contributed by atoms with van der Waals surface area (Å²) in [6.45, 7) is 7.00. The maximum absolute atomic E-state index is 12.8. The molecule has 0 aliphatic carbocycles. The van der Waals surface area contributed by atoms with Gasteiger partial charge in [0.15, 0.2) is 4.80 Å². The van der Waals surface area contributed by atoms with Gasteiger partial charge in [0.25, 0.3) is 5.91 Å². The van der Waals surface area contributed by atoms with Crippen LogP contribution in [0.5, 0.6) is 0 Å². The lowest BCUT2D eigenvalue weighted by molar-refractivity contribution is 0.0526. The molecule has 0 fully saturated rings. The van der Waals surface area contributed by atoms with Gasteiger partial charge in [-0.15, -0.1) is 0 Å². The Morgan fingerprint density at radius 3 is 2.76 bits per heavy atom. The van der Waals surface area contributed by atoms with E-state index < -0.39 is 0 Å². The Morgan fingerprint density at radius 2 is 2.07 bits per heavy atom. The summed E-state index contributed by atoms with van der Waals surface area (Å²) in [4.78, 5) is 29.8. The molecule has 0 bridgehead atoms. The summed E-state index contributed by atoms with van der Waals surface area (Å²) in [5.74, 6) is -0.735. The first kappa shape index (κ1) is 20.9. The highest BCUT2D eigenvalue weighted by atomic mass is 32.1. The van der Waals surface area contributed by atoms with Gasteiger partial charge in [-0.2, -0.15) is 10.1 Å². The summed E-state index contributed by atoms with van der Waals surface area (Å²) >= 11 is 1.35. The Hall–Kier alpha value is -2.78. The Bertz CT molecular complexity index is 1090. The maximum atomic E-state index is 12.8. The van der Waals surface area contributed by atoms with Crippen LogP contribution in [0.15, 0.2) is 35.5 Å². The van der Waals surface area contributed by atoms with E-state index in [1.807, 2.05) is 24.5 Å². The number of rotatable bonds is 7. The predicted molar refractivity (Wildman–Crippen MR) is 110 cm³/mol. The molecule has 0 radical (unpaired) electrons. The van der Waals surface area contributed by atoms with E-state index in [2.05, 4.69) is 10.1 Å². The van der Waals surface area contributed by atoms with Crippen LogP contribution in [0.2, 0.25) is 0 Å². The van der Waals surface area contributed by atoms with Crippen LogP contribution in [-0.4, -0.2) is 46.5 Å². The molecule has 0 atom stereocenters. The number of fused-ring (bicyclic) bond motifs is 1. The standard InChI is InChI=1S/C20H24N4O4S/c1-5-28-19(26)14-6-7-15-17(12-14)29-20(23(15)10-11-27-4)22-18(25)16-8-9-21-24(16)13(2)3/h6-9,12-13H,5,10-11H2,1-4H3. The monoisotopic (exact) mass is 416 g/mol. The first-order chi connectivity index (χ1) is 14.0. The van der Waals surface area contributed by atoms with Crippen molar-refractivity contribution in [3.63, 3.8) is 0 Å². The second-order valence-electron chi connectivity index (χ2n) is 6.60. The fourth-order valence-electron chi connectivity index (χ4n) is 2.94. The zero-order valence-electron chi connectivity index (χ0n) is 16.9. The normalized spacial score (nSPS) is 12.1. The number of nitrogens with zero attached hydrogens (tertiary/aromatic N) is 4. The highest BCUT2D eigenvalue weighted by Crippen LogP contribution is 2.20. The molecule has 0 saturated carbocycles. The van der Waals surface area contributed by atoms with Gasteiger partial charge in [0.2, 0.25) is 0 Å². The van der Waals surface area contributed by atoms with Crippen LogP contribution < -0.4 is 4.80 Å². The quantitative estimate of drug-likeness (QED) is 0.553. The Labute approximate surface area is 172 Å². The van der Waals surface area contributed by atoms with Crippen molar-refractivity contribution in [1.29, 1.82) is 0 Å². The number of carbonyl (C=O) groups is 2. The van der Waals surface area contributed by atoms with Gasteiger partial charge in [-0.25, -0.2) is 4.79 Å². The van der Waals surface area contributed by atoms with Gasteiger partial charge >= 0.3 is 5.97 Å². The van der Waals surface area contributed by atoms with Crippen molar-refractivity contribution >= 4 is 33.4 Å². The summed E-state index contributed by atoms with van der Waals surface area (Å²) in [5, 5.41) is 4.20. The molecule has 3 aromatic rings. The molecule has 0 aliphatic heterocycles. The van der Waals surface area contributed by atoms with Crippen LogP contribution >= 0.6 is 11.3 Å². The van der Waals surface area contributed by atoms with Gasteiger partial charge in [0, 0.05) is 25.9 Å². The fourth-order valence-corrected chi connectivity index (χ4v) is 4.03. The molecule has 9 heteroatoms. The molecular formula is C20H24N4O4S. The van der Waals surface area contributed by atoms with Gasteiger partial charge in [-0.1, -0.05) is 11.3 Å². The summed E-state index contributed by atoms with van der Waals surface area (Å²) in [7, 11) is 1.62. The number of hydrogen-bond acceptors (Lipinski definition) is 6. The maximum Gasteiger partial charge on any atom is 0.338 e. The molecule has 0 spiro atoms. The van der Waals surface area contributed by atoms with Crippen molar-refractivity contribution in [3.8, 4) is 0 Å². The molecule has 1 aromatic carbocycles. The van der Waals surface area contributed by atoms with E-state index in [0.29, 0.717) is 35.8 Å².